The number of hydrogen-bond acceptors (Lipinski definition) is 5. The van der Waals surface area contributed by atoms with Gasteiger partial charge in [0.2, 0.25) is 10.0 Å². The number of aryl methyl sites for hydroxylation is 1. The smallest absolute Gasteiger partial charge is 0.255 e. The van der Waals surface area contributed by atoms with E-state index in [9.17, 15) is 13.2 Å². The van der Waals surface area contributed by atoms with E-state index in [0.29, 0.717) is 29.2 Å². The molecule has 33 heavy (non-hydrogen) atoms. The highest BCUT2D eigenvalue weighted by Crippen LogP contribution is 2.23. The van der Waals surface area contributed by atoms with Crippen LogP contribution in [0, 0.1) is 6.92 Å². The highest BCUT2D eigenvalue weighted by molar-refractivity contribution is 7.89. The van der Waals surface area contributed by atoms with Crippen molar-refractivity contribution in [3.63, 3.8) is 0 Å². The van der Waals surface area contributed by atoms with Gasteiger partial charge in [0.1, 0.15) is 18.0 Å². The molecule has 0 radical (unpaired) electrons. The van der Waals surface area contributed by atoms with Crippen molar-refractivity contribution in [1.82, 2.24) is 13.7 Å². The van der Waals surface area contributed by atoms with E-state index in [1.807, 2.05) is 35.0 Å². The van der Waals surface area contributed by atoms with Gasteiger partial charge in [0.05, 0.1) is 10.6 Å². The minimum Gasteiger partial charge on any atom is -0.487 e. The maximum absolute atomic E-state index is 12.7. The second-order valence-corrected chi connectivity index (χ2v) is 9.85. The largest absolute Gasteiger partial charge is 0.487 e. The quantitative estimate of drug-likeness (QED) is 0.450. The minimum atomic E-state index is -3.62. The number of ether oxygens (including phenoxy) is 1. The predicted octanol–water partition coefficient (Wildman–Crippen LogP) is 3.72. The Hall–Kier alpha value is -3.69. The average molecular weight is 465 g/mol. The first-order chi connectivity index (χ1) is 15.7. The SMILES string of the molecule is Cc1ccc(NC(=O)c2ccc(OCc3cn4ccccc4n3)cc2)cc1S(=O)(=O)N(C)C. The summed E-state index contributed by atoms with van der Waals surface area (Å²) in [4.78, 5) is 17.3. The number of nitrogens with zero attached hydrogens (tertiary/aromatic N) is 3. The summed E-state index contributed by atoms with van der Waals surface area (Å²) >= 11 is 0. The zero-order valence-electron chi connectivity index (χ0n) is 18.5. The van der Waals surface area contributed by atoms with Crippen LogP contribution in [0.3, 0.4) is 0 Å². The third-order valence-corrected chi connectivity index (χ3v) is 7.08. The molecule has 170 valence electrons. The monoisotopic (exact) mass is 464 g/mol. The van der Waals surface area contributed by atoms with Crippen LogP contribution in [0.5, 0.6) is 5.75 Å². The van der Waals surface area contributed by atoms with E-state index in [1.165, 1.54) is 20.2 Å². The molecule has 0 saturated heterocycles. The zero-order valence-corrected chi connectivity index (χ0v) is 19.3. The number of imidazole rings is 1. The van der Waals surface area contributed by atoms with Gasteiger partial charge in [0, 0.05) is 37.7 Å². The van der Waals surface area contributed by atoms with Gasteiger partial charge in [-0.15, -0.1) is 0 Å². The number of anilines is 1. The molecule has 0 unspecified atom stereocenters. The van der Waals surface area contributed by atoms with Crippen molar-refractivity contribution < 1.29 is 17.9 Å². The highest BCUT2D eigenvalue weighted by atomic mass is 32.2. The molecule has 0 atom stereocenters. The number of sulfonamides is 1. The summed E-state index contributed by atoms with van der Waals surface area (Å²) in [7, 11) is -0.673. The van der Waals surface area contributed by atoms with Gasteiger partial charge in [-0.25, -0.2) is 17.7 Å². The molecule has 4 aromatic rings. The number of benzene rings is 2. The molecule has 1 amide bonds. The average Bonchev–Trinajstić information content (AvgIpc) is 3.22. The van der Waals surface area contributed by atoms with Crippen LogP contribution >= 0.6 is 0 Å². The fourth-order valence-corrected chi connectivity index (χ4v) is 4.42. The summed E-state index contributed by atoms with van der Waals surface area (Å²) in [6.07, 6.45) is 3.83. The molecule has 8 nitrogen and oxygen atoms in total. The van der Waals surface area contributed by atoms with Crippen LogP contribution < -0.4 is 10.1 Å². The molecule has 2 aromatic carbocycles. The van der Waals surface area contributed by atoms with Crippen molar-refractivity contribution in [2.75, 3.05) is 19.4 Å². The molecule has 1 N–H and O–H groups in total. The fraction of sp³-hybridized carbons (Fsp3) is 0.167. The molecule has 4 rings (SSSR count). The zero-order chi connectivity index (χ0) is 23.6. The molecule has 0 bridgehead atoms. The molecule has 0 aliphatic carbocycles. The normalized spacial score (nSPS) is 11.6. The van der Waals surface area contributed by atoms with Crippen LogP contribution in [-0.4, -0.2) is 42.1 Å². The van der Waals surface area contributed by atoms with E-state index in [4.69, 9.17) is 4.74 Å². The van der Waals surface area contributed by atoms with Gasteiger partial charge >= 0.3 is 0 Å². The second-order valence-electron chi connectivity index (χ2n) is 7.73. The lowest BCUT2D eigenvalue weighted by Gasteiger charge is -2.15. The summed E-state index contributed by atoms with van der Waals surface area (Å²) in [5.74, 6) is 0.261. The van der Waals surface area contributed by atoms with Crippen LogP contribution in [-0.2, 0) is 16.6 Å². The summed E-state index contributed by atoms with van der Waals surface area (Å²) < 4.78 is 33.9. The van der Waals surface area contributed by atoms with Gasteiger partial charge in [-0.05, 0) is 61.0 Å². The molecule has 0 spiro atoms. The lowest BCUT2D eigenvalue weighted by molar-refractivity contribution is 0.102. The Kier molecular flexibility index (Phi) is 6.17. The van der Waals surface area contributed by atoms with E-state index in [0.717, 1.165) is 15.6 Å². The van der Waals surface area contributed by atoms with Crippen LogP contribution in [0.1, 0.15) is 21.6 Å². The summed E-state index contributed by atoms with van der Waals surface area (Å²) in [5.41, 5.74) is 3.08. The standard InChI is InChI=1S/C24H24N4O4S/c1-17-7-10-19(14-22(17)33(30,31)27(2)3)26-24(29)18-8-11-21(12-9-18)32-16-20-15-28-13-5-4-6-23(28)25-20/h4-15H,16H2,1-3H3,(H,26,29). The summed E-state index contributed by atoms with van der Waals surface area (Å²) in [6.45, 7) is 2.02. The summed E-state index contributed by atoms with van der Waals surface area (Å²) in [5, 5.41) is 2.75. The molecule has 0 aliphatic heterocycles. The number of rotatable bonds is 7. The van der Waals surface area contributed by atoms with Crippen LogP contribution in [0.15, 0.2) is 78.0 Å². The van der Waals surface area contributed by atoms with Crippen LogP contribution in [0.4, 0.5) is 5.69 Å². The third kappa shape index (κ3) is 4.89. The van der Waals surface area contributed by atoms with Gasteiger partial charge in [0.25, 0.3) is 5.91 Å². The number of fused-ring (bicyclic) bond motifs is 1. The van der Waals surface area contributed by atoms with Crippen LogP contribution in [0.2, 0.25) is 0 Å². The predicted molar refractivity (Wildman–Crippen MR) is 126 cm³/mol. The molecular formula is C24H24N4O4S. The molecule has 0 saturated carbocycles. The van der Waals surface area contributed by atoms with Gasteiger partial charge in [0.15, 0.2) is 0 Å². The van der Waals surface area contributed by atoms with Crippen molar-refractivity contribution in [3.05, 3.63) is 89.9 Å². The van der Waals surface area contributed by atoms with E-state index in [2.05, 4.69) is 10.3 Å². The number of pyridine rings is 1. The highest BCUT2D eigenvalue weighted by Gasteiger charge is 2.20. The molecule has 0 fully saturated rings. The Labute approximate surface area is 192 Å². The molecule has 0 aliphatic rings. The number of carbonyl (C=O) groups is 1. The Morgan fingerprint density at radius 2 is 1.85 bits per heavy atom. The van der Waals surface area contributed by atoms with E-state index in [-0.39, 0.29) is 10.8 Å². The molecule has 9 heteroatoms. The van der Waals surface area contributed by atoms with Crippen molar-refractivity contribution in [2.45, 2.75) is 18.4 Å². The van der Waals surface area contributed by atoms with Crippen molar-refractivity contribution in [2.24, 2.45) is 0 Å². The Morgan fingerprint density at radius 3 is 2.55 bits per heavy atom. The number of amides is 1. The van der Waals surface area contributed by atoms with E-state index in [1.54, 1.807) is 43.3 Å². The topological polar surface area (TPSA) is 93.0 Å². The Morgan fingerprint density at radius 1 is 1.09 bits per heavy atom. The molecule has 2 heterocycles. The van der Waals surface area contributed by atoms with E-state index < -0.39 is 10.0 Å². The number of aromatic nitrogens is 2. The van der Waals surface area contributed by atoms with E-state index >= 15 is 0 Å². The van der Waals surface area contributed by atoms with Gasteiger partial charge in [-0.2, -0.15) is 0 Å². The van der Waals surface area contributed by atoms with Gasteiger partial charge < -0.3 is 14.5 Å². The number of nitrogens with one attached hydrogen (secondary N) is 1. The first-order valence-electron chi connectivity index (χ1n) is 10.2. The maximum atomic E-state index is 12.7. The van der Waals surface area contributed by atoms with Crippen molar-refractivity contribution in [1.29, 1.82) is 0 Å². The first kappa shape index (κ1) is 22.5. The molecular weight excluding hydrogens is 440 g/mol. The second kappa shape index (κ2) is 9.05. The minimum absolute atomic E-state index is 0.154. The fourth-order valence-electron chi connectivity index (χ4n) is 3.27. The van der Waals surface area contributed by atoms with Crippen molar-refractivity contribution >= 4 is 27.3 Å². The number of carbonyl (C=O) groups excluding carboxylic acids is 1. The Balaban J connectivity index is 1.42. The lowest BCUT2D eigenvalue weighted by atomic mass is 10.2. The molecule has 2 aromatic heterocycles. The Bertz CT molecular complexity index is 1380. The van der Waals surface area contributed by atoms with Crippen LogP contribution in [0.25, 0.3) is 5.65 Å². The lowest BCUT2D eigenvalue weighted by Crippen LogP contribution is -2.23. The van der Waals surface area contributed by atoms with Gasteiger partial charge in [-0.1, -0.05) is 12.1 Å². The first-order valence-corrected chi connectivity index (χ1v) is 11.7. The summed E-state index contributed by atoms with van der Waals surface area (Å²) in [6, 6.07) is 17.3. The van der Waals surface area contributed by atoms with Crippen molar-refractivity contribution in [3.8, 4) is 5.75 Å². The van der Waals surface area contributed by atoms with Gasteiger partial charge in [-0.3, -0.25) is 4.79 Å². The number of hydrogen-bond donors (Lipinski definition) is 1. The third-order valence-electron chi connectivity index (χ3n) is 5.12. The maximum Gasteiger partial charge on any atom is 0.255 e.